The fourth-order valence-electron chi connectivity index (χ4n) is 4.80. The lowest BCUT2D eigenvalue weighted by Crippen LogP contribution is -2.47. The van der Waals surface area contributed by atoms with Gasteiger partial charge in [-0.05, 0) is 86.8 Å². The van der Waals surface area contributed by atoms with Crippen molar-refractivity contribution < 1.29 is 14.3 Å². The van der Waals surface area contributed by atoms with E-state index in [9.17, 15) is 4.79 Å². The number of benzene rings is 2. The minimum absolute atomic E-state index is 0.0939. The second-order valence-electron chi connectivity index (χ2n) is 10.7. The van der Waals surface area contributed by atoms with Crippen LogP contribution in [0.25, 0.3) is 23.0 Å². The van der Waals surface area contributed by atoms with E-state index in [-0.39, 0.29) is 18.1 Å². The molecule has 2 aromatic carbocycles. The summed E-state index contributed by atoms with van der Waals surface area (Å²) in [5, 5.41) is 5.69. The van der Waals surface area contributed by atoms with E-state index < -0.39 is 0 Å². The van der Waals surface area contributed by atoms with Crippen LogP contribution in [0.5, 0.6) is 5.75 Å². The Balaban J connectivity index is 1.45. The van der Waals surface area contributed by atoms with Crippen LogP contribution in [0.2, 0.25) is 0 Å². The number of hydrogen-bond donors (Lipinski definition) is 0. The first kappa shape index (κ1) is 27.2. The molecule has 0 radical (unpaired) electrons. The van der Waals surface area contributed by atoms with Crippen molar-refractivity contribution in [3.63, 3.8) is 0 Å². The summed E-state index contributed by atoms with van der Waals surface area (Å²) in [5.41, 5.74) is 4.64. The maximum Gasteiger partial charge on any atom is 0.286 e. The van der Waals surface area contributed by atoms with Crippen molar-refractivity contribution in [1.82, 2.24) is 14.7 Å². The molecule has 204 valence electrons. The molecule has 0 unspecified atom stereocenters. The Morgan fingerprint density at radius 2 is 1.87 bits per heavy atom. The number of aryl methyl sites for hydroxylation is 1. The molecule has 5 rings (SSSR count). The van der Waals surface area contributed by atoms with E-state index in [1.807, 2.05) is 73.3 Å². The van der Waals surface area contributed by atoms with E-state index >= 15 is 0 Å². The van der Waals surface area contributed by atoms with Gasteiger partial charge < -0.3 is 14.4 Å². The second-order valence-corrected chi connectivity index (χ2v) is 11.7. The maximum atomic E-state index is 13.0. The molecule has 1 fully saturated rings. The van der Waals surface area contributed by atoms with Crippen LogP contribution in [0.1, 0.15) is 45.2 Å². The summed E-state index contributed by atoms with van der Waals surface area (Å²) >= 11 is 1.42. The summed E-state index contributed by atoms with van der Waals surface area (Å²) in [6.45, 7) is 12.7. The SMILES string of the molecule is Cc1cc(-c2nn(-c3ccccc3)cc2/C=C2\SC(N3C[C@@H](C)O[C@H](C)C3)=NC2=O)ccc1OCCC(C)C. The molecule has 39 heavy (non-hydrogen) atoms. The molecular weight excluding hydrogens is 508 g/mol. The number of amidine groups is 1. The van der Waals surface area contributed by atoms with Crippen molar-refractivity contribution in [2.24, 2.45) is 10.9 Å². The number of morpholine rings is 1. The molecule has 7 nitrogen and oxygen atoms in total. The van der Waals surface area contributed by atoms with Crippen LogP contribution >= 0.6 is 11.8 Å². The number of carbonyl (C=O) groups is 1. The molecule has 0 aliphatic carbocycles. The van der Waals surface area contributed by atoms with Gasteiger partial charge >= 0.3 is 0 Å². The molecule has 0 N–H and O–H groups in total. The van der Waals surface area contributed by atoms with Gasteiger partial charge in [-0.2, -0.15) is 10.1 Å². The highest BCUT2D eigenvalue weighted by Crippen LogP contribution is 2.35. The van der Waals surface area contributed by atoms with E-state index in [4.69, 9.17) is 14.6 Å². The number of aliphatic imine (C=N–C) groups is 1. The third-order valence-electron chi connectivity index (χ3n) is 6.75. The Morgan fingerprint density at radius 3 is 2.56 bits per heavy atom. The molecule has 3 heterocycles. The van der Waals surface area contributed by atoms with Gasteiger partial charge in [0, 0.05) is 30.4 Å². The fourth-order valence-corrected chi connectivity index (χ4v) is 5.72. The van der Waals surface area contributed by atoms with Gasteiger partial charge in [-0.15, -0.1) is 0 Å². The van der Waals surface area contributed by atoms with Crippen LogP contribution in [0.3, 0.4) is 0 Å². The quantitative estimate of drug-likeness (QED) is 0.323. The summed E-state index contributed by atoms with van der Waals surface area (Å²) in [4.78, 5) is 20.1. The third kappa shape index (κ3) is 6.45. The molecule has 8 heteroatoms. The summed E-state index contributed by atoms with van der Waals surface area (Å²) < 4.78 is 13.8. The predicted octanol–water partition coefficient (Wildman–Crippen LogP) is 6.35. The first-order valence-electron chi connectivity index (χ1n) is 13.6. The van der Waals surface area contributed by atoms with Gasteiger partial charge in [0.05, 0.1) is 29.4 Å². The van der Waals surface area contributed by atoms with Crippen molar-refractivity contribution in [2.75, 3.05) is 19.7 Å². The summed E-state index contributed by atoms with van der Waals surface area (Å²) in [6, 6.07) is 16.2. The molecule has 1 aromatic heterocycles. The zero-order chi connectivity index (χ0) is 27.5. The minimum atomic E-state index is -0.217. The van der Waals surface area contributed by atoms with Gasteiger partial charge in [0.25, 0.3) is 5.91 Å². The average Bonchev–Trinajstić information content (AvgIpc) is 3.49. The van der Waals surface area contributed by atoms with Gasteiger partial charge in [0.1, 0.15) is 11.4 Å². The zero-order valence-corrected chi connectivity index (χ0v) is 24.1. The van der Waals surface area contributed by atoms with E-state index in [0.717, 1.165) is 58.5 Å². The number of nitrogens with zero attached hydrogens (tertiary/aromatic N) is 4. The minimum Gasteiger partial charge on any atom is -0.493 e. The molecule has 0 bridgehead atoms. The Kier molecular flexibility index (Phi) is 8.23. The number of amides is 1. The van der Waals surface area contributed by atoms with Crippen molar-refractivity contribution in [3.05, 3.63) is 70.8 Å². The molecular formula is C31H36N4O3S. The van der Waals surface area contributed by atoms with Crippen molar-refractivity contribution in [3.8, 4) is 22.7 Å². The molecule has 2 aliphatic heterocycles. The van der Waals surface area contributed by atoms with E-state index in [1.165, 1.54) is 11.8 Å². The highest BCUT2D eigenvalue weighted by molar-refractivity contribution is 8.18. The highest BCUT2D eigenvalue weighted by atomic mass is 32.2. The smallest absolute Gasteiger partial charge is 0.286 e. The molecule has 0 spiro atoms. The topological polar surface area (TPSA) is 69.0 Å². The number of carbonyl (C=O) groups excluding carboxylic acids is 1. The second kappa shape index (κ2) is 11.8. The Labute approximate surface area is 234 Å². The largest absolute Gasteiger partial charge is 0.493 e. The van der Waals surface area contributed by atoms with Gasteiger partial charge in [-0.3, -0.25) is 4.79 Å². The van der Waals surface area contributed by atoms with Gasteiger partial charge in [0.2, 0.25) is 0 Å². The van der Waals surface area contributed by atoms with Crippen LogP contribution in [0.4, 0.5) is 0 Å². The van der Waals surface area contributed by atoms with E-state index in [2.05, 4.69) is 36.7 Å². The summed E-state index contributed by atoms with van der Waals surface area (Å²) in [5.74, 6) is 1.26. The Bertz CT molecular complexity index is 1390. The fraction of sp³-hybridized carbons (Fsp3) is 0.387. The molecule has 3 aromatic rings. The standard InChI is InChI=1S/C31H36N4O3S/c1-20(2)13-14-37-27-12-11-24(15-21(27)3)29-25(19-35(33-29)26-9-7-6-8-10-26)16-28-30(36)32-31(39-28)34-17-22(4)38-23(5)18-34/h6-12,15-16,19-20,22-23H,13-14,17-18H2,1-5H3/b28-16-/t22-,23-/m1/s1. The first-order chi connectivity index (χ1) is 18.8. The van der Waals surface area contributed by atoms with Crippen LogP contribution in [0, 0.1) is 12.8 Å². The molecule has 1 amide bonds. The van der Waals surface area contributed by atoms with E-state index in [1.54, 1.807) is 0 Å². The van der Waals surface area contributed by atoms with Crippen LogP contribution in [-0.2, 0) is 9.53 Å². The van der Waals surface area contributed by atoms with Crippen molar-refractivity contribution in [2.45, 2.75) is 53.2 Å². The van der Waals surface area contributed by atoms with Crippen LogP contribution in [0.15, 0.2) is 64.6 Å². The van der Waals surface area contributed by atoms with Crippen molar-refractivity contribution >= 4 is 28.9 Å². The number of ether oxygens (including phenoxy) is 2. The normalized spacial score (nSPS) is 20.7. The third-order valence-corrected chi connectivity index (χ3v) is 7.79. The lowest BCUT2D eigenvalue weighted by atomic mass is 10.0. The molecule has 2 atom stereocenters. The maximum absolute atomic E-state index is 13.0. The van der Waals surface area contributed by atoms with E-state index in [0.29, 0.717) is 17.4 Å². The summed E-state index contributed by atoms with van der Waals surface area (Å²) in [7, 11) is 0. The van der Waals surface area contributed by atoms with Gasteiger partial charge in [-0.25, -0.2) is 4.68 Å². The number of hydrogen-bond acceptors (Lipinski definition) is 6. The van der Waals surface area contributed by atoms with Crippen molar-refractivity contribution in [1.29, 1.82) is 0 Å². The lowest BCUT2D eigenvalue weighted by molar-refractivity contribution is -0.113. The van der Waals surface area contributed by atoms with Crippen LogP contribution < -0.4 is 4.74 Å². The van der Waals surface area contributed by atoms with Crippen LogP contribution in [-0.4, -0.2) is 57.7 Å². The zero-order valence-electron chi connectivity index (χ0n) is 23.3. The Morgan fingerprint density at radius 1 is 1.13 bits per heavy atom. The number of aromatic nitrogens is 2. The lowest BCUT2D eigenvalue weighted by Gasteiger charge is -2.35. The predicted molar refractivity (Wildman–Crippen MR) is 158 cm³/mol. The number of para-hydroxylation sites is 1. The molecule has 0 saturated carbocycles. The summed E-state index contributed by atoms with van der Waals surface area (Å²) in [6.07, 6.45) is 5.09. The number of rotatable bonds is 7. The van der Waals surface area contributed by atoms with Gasteiger partial charge in [0.15, 0.2) is 5.17 Å². The average molecular weight is 545 g/mol. The molecule has 1 saturated heterocycles. The number of thioether (sulfide) groups is 1. The van der Waals surface area contributed by atoms with Gasteiger partial charge in [-0.1, -0.05) is 32.0 Å². The first-order valence-corrected chi connectivity index (χ1v) is 14.4. The monoisotopic (exact) mass is 544 g/mol. The molecule has 2 aliphatic rings. The Hall–Kier alpha value is -3.36. The highest BCUT2D eigenvalue weighted by Gasteiger charge is 2.31.